The summed E-state index contributed by atoms with van der Waals surface area (Å²) in [6.07, 6.45) is 0.188. The lowest BCUT2D eigenvalue weighted by atomic mass is 10.0. The first-order valence-electron chi connectivity index (χ1n) is 13.1. The SMILES string of the molecule is Nc1ccc(/C=C/C(=O)CCc2cc3c(C(F)(F)F)cc(-c4ccc(C(=O)N5CCC(F)(F)CC5)cn4)cc3o2)cn1. The number of carbonyl (C=O) groups is 2. The number of alkyl halides is 5. The van der Waals surface area contributed by atoms with Gasteiger partial charge in [0.05, 0.1) is 16.8 Å². The van der Waals surface area contributed by atoms with Crippen molar-refractivity contribution in [3.05, 3.63) is 83.4 Å². The molecule has 7 nitrogen and oxygen atoms in total. The number of allylic oxidation sites excluding steroid dienone is 1. The zero-order valence-electron chi connectivity index (χ0n) is 22.1. The fraction of sp³-hybridized carbons (Fsp3) is 0.267. The zero-order valence-corrected chi connectivity index (χ0v) is 22.1. The maximum absolute atomic E-state index is 14.0. The quantitative estimate of drug-likeness (QED) is 0.195. The van der Waals surface area contributed by atoms with Crippen molar-refractivity contribution >= 4 is 34.6 Å². The summed E-state index contributed by atoms with van der Waals surface area (Å²) in [5.74, 6) is -2.97. The summed E-state index contributed by atoms with van der Waals surface area (Å²) in [5.41, 5.74) is 5.68. The first-order chi connectivity index (χ1) is 19.9. The number of benzene rings is 1. The van der Waals surface area contributed by atoms with Crippen molar-refractivity contribution < 1.29 is 36.0 Å². The number of carbonyl (C=O) groups excluding carboxylic acids is 2. The average molecular weight is 585 g/mol. The predicted molar refractivity (Wildman–Crippen MR) is 146 cm³/mol. The van der Waals surface area contributed by atoms with Gasteiger partial charge in [-0.25, -0.2) is 13.8 Å². The second kappa shape index (κ2) is 11.3. The molecule has 0 atom stereocenters. The number of ketones is 1. The number of nitrogens with zero attached hydrogens (tertiary/aromatic N) is 3. The molecule has 0 saturated carbocycles. The summed E-state index contributed by atoms with van der Waals surface area (Å²) in [6.45, 7) is -0.191. The molecule has 218 valence electrons. The van der Waals surface area contributed by atoms with Crippen LogP contribution < -0.4 is 5.73 Å². The summed E-state index contributed by atoms with van der Waals surface area (Å²) in [6, 6.07) is 9.74. The Morgan fingerprint density at radius 3 is 2.43 bits per heavy atom. The predicted octanol–water partition coefficient (Wildman–Crippen LogP) is 6.58. The van der Waals surface area contributed by atoms with Crippen LogP contribution in [0.2, 0.25) is 0 Å². The molecule has 0 bridgehead atoms. The Labute approximate surface area is 236 Å². The van der Waals surface area contributed by atoms with Crippen molar-refractivity contribution in [1.82, 2.24) is 14.9 Å². The van der Waals surface area contributed by atoms with Crippen LogP contribution in [0, 0.1) is 0 Å². The highest BCUT2D eigenvalue weighted by Crippen LogP contribution is 2.39. The highest BCUT2D eigenvalue weighted by Gasteiger charge is 2.36. The minimum atomic E-state index is -4.70. The number of fused-ring (bicyclic) bond motifs is 1. The third-order valence-electron chi connectivity index (χ3n) is 6.97. The Hall–Kier alpha value is -4.61. The van der Waals surface area contributed by atoms with Gasteiger partial charge in [0.2, 0.25) is 0 Å². The van der Waals surface area contributed by atoms with Gasteiger partial charge in [0.15, 0.2) is 5.78 Å². The molecule has 1 aliphatic rings. The number of likely N-dealkylation sites (tertiary alicyclic amines) is 1. The van der Waals surface area contributed by atoms with Crippen LogP contribution in [0.1, 0.15) is 46.5 Å². The number of hydrogen-bond donors (Lipinski definition) is 1. The van der Waals surface area contributed by atoms with Crippen molar-refractivity contribution in [2.45, 2.75) is 37.8 Å². The van der Waals surface area contributed by atoms with Gasteiger partial charge in [0, 0.05) is 62.1 Å². The van der Waals surface area contributed by atoms with E-state index >= 15 is 0 Å². The molecule has 1 aromatic carbocycles. The van der Waals surface area contributed by atoms with Crippen LogP contribution in [-0.4, -0.2) is 45.6 Å². The van der Waals surface area contributed by atoms with Gasteiger partial charge < -0.3 is 15.1 Å². The number of anilines is 1. The molecule has 1 fully saturated rings. The third-order valence-corrected chi connectivity index (χ3v) is 6.97. The molecule has 0 unspecified atom stereocenters. The van der Waals surface area contributed by atoms with Gasteiger partial charge in [-0.15, -0.1) is 0 Å². The van der Waals surface area contributed by atoms with Gasteiger partial charge >= 0.3 is 6.18 Å². The van der Waals surface area contributed by atoms with Crippen LogP contribution in [0.4, 0.5) is 27.8 Å². The number of piperidine rings is 1. The van der Waals surface area contributed by atoms with E-state index in [-0.39, 0.29) is 65.3 Å². The second-order valence-corrected chi connectivity index (χ2v) is 10.0. The van der Waals surface area contributed by atoms with E-state index in [0.29, 0.717) is 11.4 Å². The molecule has 5 rings (SSSR count). The lowest BCUT2D eigenvalue weighted by molar-refractivity contribution is -0.136. The molecule has 0 spiro atoms. The van der Waals surface area contributed by atoms with E-state index in [1.165, 1.54) is 47.6 Å². The molecule has 12 heteroatoms. The fourth-order valence-electron chi connectivity index (χ4n) is 4.64. The van der Waals surface area contributed by atoms with Crippen molar-refractivity contribution in [3.63, 3.8) is 0 Å². The standard InChI is InChI=1S/C30H25F5N4O3/c31-29(32)9-11-39(12-10-29)28(41)19-3-7-25(37-17-19)20-13-24(30(33,34)35)23-15-22(42-26(23)14-20)6-5-21(40)4-1-18-2-8-27(36)38-16-18/h1-4,7-8,13-17H,5-6,9-12H2,(H2,36,38)/b4-1+. The van der Waals surface area contributed by atoms with Crippen LogP contribution in [0.3, 0.4) is 0 Å². The molecule has 1 amide bonds. The lowest BCUT2D eigenvalue weighted by Crippen LogP contribution is -2.42. The topological polar surface area (TPSA) is 102 Å². The van der Waals surface area contributed by atoms with Crippen molar-refractivity contribution in [2.75, 3.05) is 18.8 Å². The molecular weight excluding hydrogens is 559 g/mol. The summed E-state index contributed by atoms with van der Waals surface area (Å²) in [7, 11) is 0. The maximum atomic E-state index is 14.0. The van der Waals surface area contributed by atoms with E-state index in [4.69, 9.17) is 10.2 Å². The Bertz CT molecular complexity index is 1630. The van der Waals surface area contributed by atoms with Crippen LogP contribution in [0.5, 0.6) is 0 Å². The fourth-order valence-corrected chi connectivity index (χ4v) is 4.64. The monoisotopic (exact) mass is 584 g/mol. The summed E-state index contributed by atoms with van der Waals surface area (Å²) < 4.78 is 74.6. The number of aryl methyl sites for hydroxylation is 1. The van der Waals surface area contributed by atoms with Gasteiger partial charge in [0.1, 0.15) is 17.2 Å². The molecule has 2 N–H and O–H groups in total. The van der Waals surface area contributed by atoms with E-state index in [9.17, 15) is 31.5 Å². The summed E-state index contributed by atoms with van der Waals surface area (Å²) in [4.78, 5) is 34.4. The van der Waals surface area contributed by atoms with Gasteiger partial charge in [-0.3, -0.25) is 14.6 Å². The van der Waals surface area contributed by atoms with Crippen molar-refractivity contribution in [1.29, 1.82) is 0 Å². The molecular formula is C30H25F5N4O3. The first kappa shape index (κ1) is 28.9. The first-order valence-corrected chi connectivity index (χ1v) is 13.1. The minimum Gasteiger partial charge on any atom is -0.461 e. The molecule has 4 heterocycles. The molecule has 1 aliphatic heterocycles. The number of pyridine rings is 2. The zero-order chi connectivity index (χ0) is 30.1. The van der Waals surface area contributed by atoms with Crippen LogP contribution in [-0.2, 0) is 17.4 Å². The second-order valence-electron chi connectivity index (χ2n) is 10.0. The molecule has 1 saturated heterocycles. The minimum absolute atomic E-state index is 0.0125. The Kier molecular flexibility index (Phi) is 7.81. The number of nitrogens with two attached hydrogens (primary N) is 1. The van der Waals surface area contributed by atoms with E-state index < -0.39 is 36.4 Å². The molecule has 3 aromatic heterocycles. The smallest absolute Gasteiger partial charge is 0.417 e. The number of aromatic nitrogens is 2. The number of furan rings is 1. The largest absolute Gasteiger partial charge is 0.461 e. The Morgan fingerprint density at radius 2 is 1.79 bits per heavy atom. The summed E-state index contributed by atoms with van der Waals surface area (Å²) in [5, 5.41) is -0.147. The van der Waals surface area contributed by atoms with E-state index in [0.717, 1.165) is 6.07 Å². The number of rotatable bonds is 7. The van der Waals surface area contributed by atoms with Gasteiger partial charge in [-0.1, -0.05) is 0 Å². The number of halogens is 5. The van der Waals surface area contributed by atoms with Gasteiger partial charge in [-0.05, 0) is 60.2 Å². The molecule has 42 heavy (non-hydrogen) atoms. The number of hydrogen-bond acceptors (Lipinski definition) is 6. The molecule has 0 radical (unpaired) electrons. The lowest BCUT2D eigenvalue weighted by Gasteiger charge is -2.31. The highest BCUT2D eigenvalue weighted by molar-refractivity contribution is 5.95. The van der Waals surface area contributed by atoms with Crippen LogP contribution in [0.15, 0.2) is 65.4 Å². The van der Waals surface area contributed by atoms with Crippen molar-refractivity contribution in [3.8, 4) is 11.3 Å². The summed E-state index contributed by atoms with van der Waals surface area (Å²) >= 11 is 0. The average Bonchev–Trinajstić information content (AvgIpc) is 3.37. The van der Waals surface area contributed by atoms with Crippen LogP contribution in [0.25, 0.3) is 28.3 Å². The Morgan fingerprint density at radius 1 is 1.02 bits per heavy atom. The number of nitrogen functional groups attached to an aromatic ring is 1. The Balaban J connectivity index is 1.33. The van der Waals surface area contributed by atoms with Crippen molar-refractivity contribution in [2.24, 2.45) is 0 Å². The normalized spacial score (nSPS) is 15.4. The van der Waals surface area contributed by atoms with Gasteiger partial charge in [-0.2, -0.15) is 13.2 Å². The van der Waals surface area contributed by atoms with Gasteiger partial charge in [0.25, 0.3) is 11.8 Å². The van der Waals surface area contributed by atoms with E-state index in [1.54, 1.807) is 18.2 Å². The highest BCUT2D eigenvalue weighted by atomic mass is 19.4. The van der Waals surface area contributed by atoms with E-state index in [2.05, 4.69) is 9.97 Å². The molecule has 4 aromatic rings. The molecule has 0 aliphatic carbocycles. The maximum Gasteiger partial charge on any atom is 0.417 e. The third kappa shape index (κ3) is 6.64. The van der Waals surface area contributed by atoms with Crippen LogP contribution >= 0.6 is 0 Å². The number of amides is 1. The van der Waals surface area contributed by atoms with E-state index in [1.807, 2.05) is 0 Å².